The summed E-state index contributed by atoms with van der Waals surface area (Å²) < 4.78 is 0. The molecule has 0 rings (SSSR count). The van der Waals surface area contributed by atoms with E-state index >= 15 is 0 Å². The van der Waals surface area contributed by atoms with Crippen LogP contribution in [0.1, 0.15) is 96.8 Å². The van der Waals surface area contributed by atoms with E-state index < -0.39 is 5.97 Å². The molecular weight excluding hydrogens is 300 g/mol. The SMILES string of the molecule is CCCCCCCCC=CCCCCCCCC(=O)O.NCCN. The first-order chi connectivity index (χ1) is 11.7. The van der Waals surface area contributed by atoms with Crippen molar-refractivity contribution in [2.45, 2.75) is 96.8 Å². The van der Waals surface area contributed by atoms with Gasteiger partial charge in [0.25, 0.3) is 0 Å². The Bertz CT molecular complexity index is 266. The van der Waals surface area contributed by atoms with Crippen molar-refractivity contribution in [3.63, 3.8) is 0 Å². The maximum atomic E-state index is 10.3. The van der Waals surface area contributed by atoms with E-state index in [-0.39, 0.29) is 0 Å². The first-order valence-electron chi connectivity index (χ1n) is 9.95. The van der Waals surface area contributed by atoms with E-state index in [2.05, 4.69) is 19.1 Å². The van der Waals surface area contributed by atoms with Gasteiger partial charge in [0, 0.05) is 19.5 Å². The molecule has 4 heteroatoms. The zero-order chi connectivity index (χ0) is 18.3. The number of aliphatic carboxylic acids is 1. The van der Waals surface area contributed by atoms with E-state index in [9.17, 15) is 4.79 Å². The predicted octanol–water partition coefficient (Wildman–Crippen LogP) is 5.01. The smallest absolute Gasteiger partial charge is 0.303 e. The third-order valence-electron chi connectivity index (χ3n) is 3.82. The van der Waals surface area contributed by atoms with Crippen LogP contribution in [0.3, 0.4) is 0 Å². The van der Waals surface area contributed by atoms with Gasteiger partial charge < -0.3 is 16.6 Å². The molecule has 144 valence electrons. The van der Waals surface area contributed by atoms with Crippen LogP contribution in [0, 0.1) is 0 Å². The summed E-state index contributed by atoms with van der Waals surface area (Å²) in [5, 5.41) is 8.51. The van der Waals surface area contributed by atoms with Crippen LogP contribution in [0.2, 0.25) is 0 Å². The van der Waals surface area contributed by atoms with Crippen LogP contribution in [0.5, 0.6) is 0 Å². The Morgan fingerprint density at radius 1 is 0.750 bits per heavy atom. The van der Waals surface area contributed by atoms with Gasteiger partial charge in [-0.25, -0.2) is 0 Å². The molecule has 0 fully saturated rings. The quantitative estimate of drug-likeness (QED) is 0.271. The molecule has 0 aromatic heterocycles. The van der Waals surface area contributed by atoms with Crippen molar-refractivity contribution in [3.8, 4) is 0 Å². The Morgan fingerprint density at radius 3 is 1.58 bits per heavy atom. The molecule has 0 aromatic carbocycles. The Hall–Kier alpha value is -0.870. The molecule has 0 unspecified atom stereocenters. The topological polar surface area (TPSA) is 89.3 Å². The molecule has 0 amide bonds. The third kappa shape index (κ3) is 29.2. The van der Waals surface area contributed by atoms with Gasteiger partial charge in [0.2, 0.25) is 0 Å². The number of carboxylic acid groups (broad SMARTS) is 1. The summed E-state index contributed by atoms with van der Waals surface area (Å²) in [6.45, 7) is 3.45. The third-order valence-corrected chi connectivity index (χ3v) is 3.82. The summed E-state index contributed by atoms with van der Waals surface area (Å²) in [5.41, 5.74) is 9.81. The van der Waals surface area contributed by atoms with Crippen LogP contribution in [0.15, 0.2) is 12.2 Å². The highest BCUT2D eigenvalue weighted by molar-refractivity contribution is 5.66. The van der Waals surface area contributed by atoms with Crippen LogP contribution in [0.25, 0.3) is 0 Å². The van der Waals surface area contributed by atoms with Crippen LogP contribution >= 0.6 is 0 Å². The molecule has 0 saturated heterocycles. The standard InChI is InChI=1S/C18H34O2.C2H8N2/c1-2-3-4-5-6-7-8-9-10-11-12-13-14-15-16-17-18(19)20;3-1-2-4/h9-10H,2-8,11-17H2,1H3,(H,19,20);1-4H2. The molecule has 0 aliphatic rings. The number of hydrogen-bond donors (Lipinski definition) is 3. The van der Waals surface area contributed by atoms with E-state index in [1.54, 1.807) is 0 Å². The maximum Gasteiger partial charge on any atom is 0.303 e. The minimum atomic E-state index is -0.664. The minimum Gasteiger partial charge on any atom is -0.481 e. The number of unbranched alkanes of at least 4 members (excludes halogenated alkanes) is 11. The van der Waals surface area contributed by atoms with Crippen molar-refractivity contribution >= 4 is 5.97 Å². The lowest BCUT2D eigenvalue weighted by Crippen LogP contribution is -2.11. The van der Waals surface area contributed by atoms with Gasteiger partial charge in [-0.1, -0.05) is 70.4 Å². The lowest BCUT2D eigenvalue weighted by Gasteiger charge is -1.99. The predicted molar refractivity (Wildman–Crippen MR) is 105 cm³/mol. The first kappa shape index (κ1) is 25.4. The Kier molecular flexibility index (Phi) is 25.8. The molecule has 0 spiro atoms. The lowest BCUT2D eigenvalue weighted by atomic mass is 10.1. The second-order valence-electron chi connectivity index (χ2n) is 6.31. The van der Waals surface area contributed by atoms with E-state index in [0.717, 1.165) is 12.8 Å². The van der Waals surface area contributed by atoms with Gasteiger partial charge in [-0.15, -0.1) is 0 Å². The molecule has 4 nitrogen and oxygen atoms in total. The second-order valence-corrected chi connectivity index (χ2v) is 6.31. The van der Waals surface area contributed by atoms with Crippen molar-refractivity contribution in [1.82, 2.24) is 0 Å². The minimum absolute atomic E-state index is 0.332. The average molecular weight is 343 g/mol. The van der Waals surface area contributed by atoms with Crippen LogP contribution < -0.4 is 11.5 Å². The van der Waals surface area contributed by atoms with Gasteiger partial charge in [0.1, 0.15) is 0 Å². The zero-order valence-corrected chi connectivity index (χ0v) is 16.0. The maximum absolute atomic E-state index is 10.3. The lowest BCUT2D eigenvalue weighted by molar-refractivity contribution is -0.137. The number of carbonyl (C=O) groups is 1. The van der Waals surface area contributed by atoms with Gasteiger partial charge in [-0.3, -0.25) is 4.79 Å². The monoisotopic (exact) mass is 342 g/mol. The molecule has 0 saturated carbocycles. The highest BCUT2D eigenvalue weighted by atomic mass is 16.4. The average Bonchev–Trinajstić information content (AvgIpc) is 2.58. The van der Waals surface area contributed by atoms with Gasteiger partial charge in [-0.05, 0) is 32.1 Å². The largest absolute Gasteiger partial charge is 0.481 e. The molecular formula is C20H42N2O2. The van der Waals surface area contributed by atoms with Crippen molar-refractivity contribution in [1.29, 1.82) is 0 Å². The van der Waals surface area contributed by atoms with Crippen LogP contribution in [-0.2, 0) is 4.79 Å². The van der Waals surface area contributed by atoms with Gasteiger partial charge in [0.15, 0.2) is 0 Å². The molecule has 0 bridgehead atoms. The first-order valence-corrected chi connectivity index (χ1v) is 9.95. The Balaban J connectivity index is 0. The number of nitrogens with two attached hydrogens (primary N) is 2. The summed E-state index contributed by atoms with van der Waals surface area (Å²) in [5.74, 6) is -0.664. The number of rotatable bonds is 16. The summed E-state index contributed by atoms with van der Waals surface area (Å²) in [4.78, 5) is 10.3. The highest BCUT2D eigenvalue weighted by Gasteiger charge is 1.95. The summed E-state index contributed by atoms with van der Waals surface area (Å²) >= 11 is 0. The summed E-state index contributed by atoms with van der Waals surface area (Å²) in [7, 11) is 0. The molecule has 0 radical (unpaired) electrons. The molecule has 0 aliphatic heterocycles. The van der Waals surface area contributed by atoms with Crippen LogP contribution in [0.4, 0.5) is 0 Å². The number of allylic oxidation sites excluding steroid dienone is 2. The van der Waals surface area contributed by atoms with E-state index in [1.807, 2.05) is 0 Å². The van der Waals surface area contributed by atoms with Gasteiger partial charge in [-0.2, -0.15) is 0 Å². The second kappa shape index (κ2) is 24.4. The van der Waals surface area contributed by atoms with Crippen LogP contribution in [-0.4, -0.2) is 24.2 Å². The fourth-order valence-electron chi connectivity index (χ4n) is 2.35. The number of carboxylic acids is 1. The van der Waals surface area contributed by atoms with E-state index in [1.165, 1.54) is 70.6 Å². The molecule has 5 N–H and O–H groups in total. The van der Waals surface area contributed by atoms with E-state index in [0.29, 0.717) is 19.5 Å². The highest BCUT2D eigenvalue weighted by Crippen LogP contribution is 2.09. The molecule has 24 heavy (non-hydrogen) atoms. The Morgan fingerprint density at radius 2 is 1.17 bits per heavy atom. The van der Waals surface area contributed by atoms with E-state index in [4.69, 9.17) is 16.6 Å². The Labute approximate surface area is 150 Å². The zero-order valence-electron chi connectivity index (χ0n) is 16.0. The van der Waals surface area contributed by atoms with Crippen molar-refractivity contribution in [3.05, 3.63) is 12.2 Å². The van der Waals surface area contributed by atoms with Crippen molar-refractivity contribution in [2.75, 3.05) is 13.1 Å². The molecule has 0 aromatic rings. The number of hydrogen-bond acceptors (Lipinski definition) is 3. The molecule has 0 heterocycles. The summed E-state index contributed by atoms with van der Waals surface area (Å²) in [6.07, 6.45) is 21.2. The molecule has 0 aliphatic carbocycles. The van der Waals surface area contributed by atoms with Crippen molar-refractivity contribution < 1.29 is 9.90 Å². The van der Waals surface area contributed by atoms with Crippen molar-refractivity contribution in [2.24, 2.45) is 11.5 Å². The fraction of sp³-hybridized carbons (Fsp3) is 0.850. The summed E-state index contributed by atoms with van der Waals surface area (Å²) in [6, 6.07) is 0. The van der Waals surface area contributed by atoms with Gasteiger partial charge in [0.05, 0.1) is 0 Å². The normalized spacial score (nSPS) is 10.6. The molecule has 0 atom stereocenters. The fourth-order valence-corrected chi connectivity index (χ4v) is 2.35. The van der Waals surface area contributed by atoms with Gasteiger partial charge >= 0.3 is 5.97 Å².